The van der Waals surface area contributed by atoms with Gasteiger partial charge in [0.15, 0.2) is 0 Å². The molecule has 0 saturated heterocycles. The van der Waals surface area contributed by atoms with Gasteiger partial charge in [-0.05, 0) is 31.5 Å². The van der Waals surface area contributed by atoms with Crippen LogP contribution in [-0.4, -0.2) is 17.2 Å². The monoisotopic (exact) mass is 270 g/mol. The molecule has 0 aliphatic carbocycles. The zero-order chi connectivity index (χ0) is 13.7. The minimum absolute atomic E-state index is 0.0132. The maximum atomic E-state index is 12.8. The van der Waals surface area contributed by atoms with Crippen molar-refractivity contribution in [2.45, 2.75) is 24.3 Å². The van der Waals surface area contributed by atoms with Crippen LogP contribution < -0.4 is 11.1 Å². The Kier molecular flexibility index (Phi) is 5.15. The van der Waals surface area contributed by atoms with E-state index < -0.39 is 17.2 Å². The molecule has 3 amide bonds. The van der Waals surface area contributed by atoms with E-state index in [0.717, 1.165) is 5.56 Å². The fraction of sp³-hybridized carbons (Fsp3) is 0.333. The van der Waals surface area contributed by atoms with Crippen molar-refractivity contribution >= 4 is 23.7 Å². The van der Waals surface area contributed by atoms with Gasteiger partial charge in [0, 0.05) is 5.25 Å². The second-order valence-electron chi connectivity index (χ2n) is 3.83. The van der Waals surface area contributed by atoms with Crippen LogP contribution in [0.15, 0.2) is 24.3 Å². The summed E-state index contributed by atoms with van der Waals surface area (Å²) in [5.41, 5.74) is 5.78. The Morgan fingerprint density at radius 1 is 1.28 bits per heavy atom. The lowest BCUT2D eigenvalue weighted by atomic mass is 10.2. The van der Waals surface area contributed by atoms with Crippen molar-refractivity contribution in [3.8, 4) is 0 Å². The largest absolute Gasteiger partial charge is 0.351 e. The molecule has 0 aliphatic rings. The zero-order valence-electron chi connectivity index (χ0n) is 10.1. The molecule has 0 bridgehead atoms. The molecule has 6 heteroatoms. The summed E-state index contributed by atoms with van der Waals surface area (Å²) in [5.74, 6) is -0.725. The fourth-order valence-corrected chi connectivity index (χ4v) is 2.51. The van der Waals surface area contributed by atoms with E-state index in [-0.39, 0.29) is 11.1 Å². The molecule has 98 valence electrons. The summed E-state index contributed by atoms with van der Waals surface area (Å²) in [7, 11) is 0. The Morgan fingerprint density at radius 2 is 1.83 bits per heavy atom. The molecule has 18 heavy (non-hydrogen) atoms. The third-order valence-corrected chi connectivity index (χ3v) is 3.67. The Morgan fingerprint density at radius 3 is 2.33 bits per heavy atom. The van der Waals surface area contributed by atoms with Gasteiger partial charge in [0.2, 0.25) is 5.91 Å². The van der Waals surface area contributed by atoms with Crippen molar-refractivity contribution in [1.29, 1.82) is 0 Å². The maximum Gasteiger partial charge on any atom is 0.318 e. The van der Waals surface area contributed by atoms with Crippen LogP contribution in [0.5, 0.6) is 0 Å². The number of rotatable bonds is 4. The first kappa shape index (κ1) is 14.5. The number of primary amides is 1. The van der Waals surface area contributed by atoms with Crippen LogP contribution in [0.4, 0.5) is 9.18 Å². The summed E-state index contributed by atoms with van der Waals surface area (Å²) in [5, 5.41) is 1.62. The van der Waals surface area contributed by atoms with Gasteiger partial charge in [0.25, 0.3) is 0 Å². The Balaban J connectivity index is 2.58. The number of hydrogen-bond acceptors (Lipinski definition) is 3. The minimum atomic E-state index is -0.859. The van der Waals surface area contributed by atoms with Gasteiger partial charge >= 0.3 is 6.03 Å². The van der Waals surface area contributed by atoms with Gasteiger partial charge in [-0.3, -0.25) is 10.1 Å². The second kappa shape index (κ2) is 6.39. The zero-order valence-corrected chi connectivity index (χ0v) is 11.0. The Bertz CT molecular complexity index is 436. The molecule has 0 saturated carbocycles. The highest BCUT2D eigenvalue weighted by Crippen LogP contribution is 2.31. The molecule has 1 rings (SSSR count). The van der Waals surface area contributed by atoms with Crippen LogP contribution >= 0.6 is 11.8 Å². The average molecular weight is 270 g/mol. The summed E-state index contributed by atoms with van der Waals surface area (Å²) in [6, 6.07) is 5.24. The average Bonchev–Trinajstić information content (AvgIpc) is 2.28. The predicted octanol–water partition coefficient (Wildman–Crippen LogP) is 2.20. The predicted molar refractivity (Wildman–Crippen MR) is 69.6 cm³/mol. The highest BCUT2D eigenvalue weighted by Gasteiger charge is 2.18. The van der Waals surface area contributed by atoms with Gasteiger partial charge in [-0.25, -0.2) is 9.18 Å². The summed E-state index contributed by atoms with van der Waals surface area (Å²) in [4.78, 5) is 22.0. The number of imide groups is 1. The molecule has 1 aromatic carbocycles. The van der Waals surface area contributed by atoms with Crippen molar-refractivity contribution in [3.05, 3.63) is 35.6 Å². The van der Waals surface area contributed by atoms with Crippen LogP contribution in [0.25, 0.3) is 0 Å². The normalized spacial score (nSPS) is 13.7. The summed E-state index contributed by atoms with van der Waals surface area (Å²) < 4.78 is 12.8. The molecular formula is C12H15FN2O2S. The molecule has 3 N–H and O–H groups in total. The van der Waals surface area contributed by atoms with Gasteiger partial charge in [0.05, 0.1) is 5.25 Å². The standard InChI is InChI=1S/C12H15FN2O2S/c1-7(9-3-5-10(13)6-4-9)18-8(2)11(16)15-12(14)17/h3-8H,1-2H3,(H3,14,15,16,17)/t7-,8-/m1/s1. The van der Waals surface area contributed by atoms with Crippen LogP contribution in [0.3, 0.4) is 0 Å². The molecule has 0 aliphatic heterocycles. The second-order valence-corrected chi connectivity index (χ2v) is 5.51. The molecule has 0 unspecified atom stereocenters. The first-order chi connectivity index (χ1) is 8.40. The third kappa shape index (κ3) is 4.37. The van der Waals surface area contributed by atoms with E-state index in [1.807, 2.05) is 12.2 Å². The van der Waals surface area contributed by atoms with E-state index in [4.69, 9.17) is 5.73 Å². The summed E-state index contributed by atoms with van der Waals surface area (Å²) in [6.45, 7) is 3.59. The Hall–Kier alpha value is -1.56. The number of carbonyl (C=O) groups excluding carboxylic acids is 2. The van der Waals surface area contributed by atoms with E-state index in [0.29, 0.717) is 0 Å². The smallest absolute Gasteiger partial charge is 0.318 e. The van der Waals surface area contributed by atoms with E-state index in [2.05, 4.69) is 0 Å². The summed E-state index contributed by atoms with van der Waals surface area (Å²) >= 11 is 1.37. The number of urea groups is 1. The topological polar surface area (TPSA) is 72.2 Å². The first-order valence-corrected chi connectivity index (χ1v) is 6.35. The number of carbonyl (C=O) groups is 2. The molecule has 0 aromatic heterocycles. The SMILES string of the molecule is C[C@@H](S[C@H](C)c1ccc(F)cc1)C(=O)NC(N)=O. The van der Waals surface area contributed by atoms with E-state index in [9.17, 15) is 14.0 Å². The fourth-order valence-electron chi connectivity index (χ4n) is 1.40. The van der Waals surface area contributed by atoms with Gasteiger partial charge in [-0.15, -0.1) is 11.8 Å². The molecule has 1 aromatic rings. The lowest BCUT2D eigenvalue weighted by Crippen LogP contribution is -2.39. The highest BCUT2D eigenvalue weighted by atomic mass is 32.2. The third-order valence-electron chi connectivity index (χ3n) is 2.36. The van der Waals surface area contributed by atoms with Gasteiger partial charge in [-0.2, -0.15) is 0 Å². The van der Waals surface area contributed by atoms with Crippen molar-refractivity contribution in [2.75, 3.05) is 0 Å². The number of thioether (sulfide) groups is 1. The lowest BCUT2D eigenvalue weighted by Gasteiger charge is -2.16. The maximum absolute atomic E-state index is 12.8. The Labute approximate surface area is 109 Å². The van der Waals surface area contributed by atoms with Crippen LogP contribution in [0.1, 0.15) is 24.7 Å². The number of nitrogens with one attached hydrogen (secondary N) is 1. The van der Waals surface area contributed by atoms with Gasteiger partial charge < -0.3 is 5.73 Å². The quantitative estimate of drug-likeness (QED) is 0.881. The molecule has 0 fully saturated rings. The van der Waals surface area contributed by atoms with Crippen molar-refractivity contribution in [2.24, 2.45) is 5.73 Å². The van der Waals surface area contributed by atoms with Crippen molar-refractivity contribution in [3.63, 3.8) is 0 Å². The number of halogens is 1. The molecular weight excluding hydrogens is 255 g/mol. The van der Waals surface area contributed by atoms with E-state index >= 15 is 0 Å². The summed E-state index contributed by atoms with van der Waals surface area (Å²) in [6.07, 6.45) is 0. The van der Waals surface area contributed by atoms with Crippen molar-refractivity contribution < 1.29 is 14.0 Å². The molecule has 0 heterocycles. The first-order valence-electron chi connectivity index (χ1n) is 5.41. The molecule has 2 atom stereocenters. The molecule has 0 radical (unpaired) electrons. The lowest BCUT2D eigenvalue weighted by molar-refractivity contribution is -0.119. The van der Waals surface area contributed by atoms with Crippen LogP contribution in [0.2, 0.25) is 0 Å². The van der Waals surface area contributed by atoms with Gasteiger partial charge in [0.1, 0.15) is 5.82 Å². The van der Waals surface area contributed by atoms with Crippen LogP contribution in [0, 0.1) is 5.82 Å². The van der Waals surface area contributed by atoms with Gasteiger partial charge in [-0.1, -0.05) is 12.1 Å². The minimum Gasteiger partial charge on any atom is -0.351 e. The van der Waals surface area contributed by atoms with E-state index in [1.165, 1.54) is 23.9 Å². The molecule has 0 spiro atoms. The number of hydrogen-bond donors (Lipinski definition) is 2. The number of amides is 3. The van der Waals surface area contributed by atoms with Crippen LogP contribution in [-0.2, 0) is 4.79 Å². The van der Waals surface area contributed by atoms with E-state index in [1.54, 1.807) is 19.1 Å². The van der Waals surface area contributed by atoms with Crippen molar-refractivity contribution in [1.82, 2.24) is 5.32 Å². The number of benzene rings is 1. The highest BCUT2D eigenvalue weighted by molar-refractivity contribution is 8.00. The number of nitrogens with two attached hydrogens (primary N) is 1. The molecule has 4 nitrogen and oxygen atoms in total.